The van der Waals surface area contributed by atoms with E-state index >= 15 is 0 Å². The van der Waals surface area contributed by atoms with Crippen molar-refractivity contribution < 1.29 is 13.2 Å². The molecule has 0 saturated heterocycles. The largest absolute Gasteiger partial charge is 0.433 e. The van der Waals surface area contributed by atoms with Crippen LogP contribution in [0.25, 0.3) is 11.4 Å². The third-order valence-electron chi connectivity index (χ3n) is 4.85. The van der Waals surface area contributed by atoms with E-state index in [-0.39, 0.29) is 5.56 Å². The van der Waals surface area contributed by atoms with Crippen molar-refractivity contribution >= 4 is 5.69 Å². The third-order valence-corrected chi connectivity index (χ3v) is 4.85. The minimum Gasteiger partial charge on any atom is -0.399 e. The second kappa shape index (κ2) is 7.32. The molecule has 150 valence electrons. The molecule has 0 saturated carbocycles. The molecule has 29 heavy (non-hydrogen) atoms. The molecule has 1 aliphatic rings. The van der Waals surface area contributed by atoms with Gasteiger partial charge in [0.25, 0.3) is 5.56 Å². The van der Waals surface area contributed by atoms with E-state index in [2.05, 4.69) is 15.0 Å². The predicted molar refractivity (Wildman–Crippen MR) is 102 cm³/mol. The van der Waals surface area contributed by atoms with E-state index in [1.54, 1.807) is 24.3 Å². The van der Waals surface area contributed by atoms with Gasteiger partial charge in [-0.3, -0.25) is 14.7 Å². The van der Waals surface area contributed by atoms with Gasteiger partial charge in [0, 0.05) is 43.5 Å². The smallest absolute Gasteiger partial charge is 0.399 e. The lowest BCUT2D eigenvalue weighted by molar-refractivity contribution is -0.141. The van der Waals surface area contributed by atoms with Crippen LogP contribution in [0, 0.1) is 0 Å². The van der Waals surface area contributed by atoms with Gasteiger partial charge in [-0.2, -0.15) is 13.2 Å². The Hall–Kier alpha value is -3.20. The van der Waals surface area contributed by atoms with E-state index in [9.17, 15) is 18.0 Å². The fourth-order valence-electron chi connectivity index (χ4n) is 3.34. The SMILES string of the molecule is Nc1ccc(-c2nc3c(c(=O)[nH]2)CN(Cc2ccc(C(F)(F)F)nc2)CC3)cc1. The number of hydrogen-bond acceptors (Lipinski definition) is 5. The summed E-state index contributed by atoms with van der Waals surface area (Å²) in [6, 6.07) is 9.47. The summed E-state index contributed by atoms with van der Waals surface area (Å²) in [6.07, 6.45) is -2.65. The molecule has 2 aromatic heterocycles. The molecule has 1 aliphatic heterocycles. The average molecular weight is 401 g/mol. The van der Waals surface area contributed by atoms with Gasteiger partial charge in [0.2, 0.25) is 0 Å². The summed E-state index contributed by atoms with van der Waals surface area (Å²) in [5, 5.41) is 0. The minimum absolute atomic E-state index is 0.211. The number of nitrogen functional groups attached to an aromatic ring is 1. The quantitative estimate of drug-likeness (QED) is 0.659. The molecule has 3 N–H and O–H groups in total. The number of fused-ring (bicyclic) bond motifs is 1. The predicted octanol–water partition coefficient (Wildman–Crippen LogP) is 2.99. The zero-order valence-electron chi connectivity index (χ0n) is 15.3. The minimum atomic E-state index is -4.45. The molecule has 0 radical (unpaired) electrons. The maximum Gasteiger partial charge on any atom is 0.433 e. The number of aromatic amines is 1. The van der Waals surface area contributed by atoms with Crippen molar-refractivity contribution in [3.05, 3.63) is 75.5 Å². The van der Waals surface area contributed by atoms with Crippen molar-refractivity contribution in [2.75, 3.05) is 12.3 Å². The Morgan fingerprint density at radius 2 is 1.90 bits per heavy atom. The van der Waals surface area contributed by atoms with E-state index < -0.39 is 11.9 Å². The number of halogens is 3. The Morgan fingerprint density at radius 3 is 2.55 bits per heavy atom. The molecule has 0 unspecified atom stereocenters. The number of aromatic nitrogens is 3. The highest BCUT2D eigenvalue weighted by Crippen LogP contribution is 2.27. The Morgan fingerprint density at radius 1 is 1.14 bits per heavy atom. The van der Waals surface area contributed by atoms with Gasteiger partial charge in [-0.15, -0.1) is 0 Å². The topological polar surface area (TPSA) is 87.9 Å². The number of anilines is 1. The third kappa shape index (κ3) is 4.14. The van der Waals surface area contributed by atoms with Gasteiger partial charge in [-0.05, 0) is 35.9 Å². The van der Waals surface area contributed by atoms with Crippen LogP contribution >= 0.6 is 0 Å². The fourth-order valence-corrected chi connectivity index (χ4v) is 3.34. The normalized spacial score (nSPS) is 14.6. The van der Waals surface area contributed by atoms with E-state index in [1.807, 2.05) is 4.90 Å². The zero-order chi connectivity index (χ0) is 20.6. The standard InChI is InChI=1S/C20H18F3N5O/c21-20(22,23)17-6-1-12(9-25-17)10-28-8-7-16-15(11-28)19(29)27-18(26-16)13-2-4-14(24)5-3-13/h1-6,9H,7-8,10-11,24H2,(H,26,27,29). The van der Waals surface area contributed by atoms with E-state index in [0.29, 0.717) is 48.7 Å². The van der Waals surface area contributed by atoms with Crippen molar-refractivity contribution in [2.45, 2.75) is 25.7 Å². The molecule has 4 rings (SSSR count). The Labute approximate surface area is 164 Å². The lowest BCUT2D eigenvalue weighted by Gasteiger charge is -2.27. The molecular formula is C20H18F3N5O. The molecule has 0 atom stereocenters. The monoisotopic (exact) mass is 401 g/mol. The highest BCUT2D eigenvalue weighted by molar-refractivity contribution is 5.58. The van der Waals surface area contributed by atoms with E-state index in [0.717, 1.165) is 17.3 Å². The lowest BCUT2D eigenvalue weighted by atomic mass is 10.1. The molecule has 0 bridgehead atoms. The second-order valence-corrected chi connectivity index (χ2v) is 6.97. The molecule has 6 nitrogen and oxygen atoms in total. The molecule has 3 aromatic rings. The first-order chi connectivity index (χ1) is 13.8. The highest BCUT2D eigenvalue weighted by atomic mass is 19.4. The van der Waals surface area contributed by atoms with Gasteiger partial charge in [0.05, 0.1) is 11.3 Å². The fraction of sp³-hybridized carbons (Fsp3) is 0.250. The van der Waals surface area contributed by atoms with Crippen LogP contribution in [-0.2, 0) is 25.7 Å². The summed E-state index contributed by atoms with van der Waals surface area (Å²) in [4.78, 5) is 25.5. The van der Waals surface area contributed by atoms with Gasteiger partial charge < -0.3 is 10.7 Å². The Balaban J connectivity index is 1.51. The Kier molecular flexibility index (Phi) is 4.83. The Bertz CT molecular complexity index is 1080. The van der Waals surface area contributed by atoms with Crippen molar-refractivity contribution in [1.29, 1.82) is 0 Å². The highest BCUT2D eigenvalue weighted by Gasteiger charge is 2.32. The number of nitrogens with two attached hydrogens (primary N) is 1. The van der Waals surface area contributed by atoms with Gasteiger partial charge in [0.15, 0.2) is 0 Å². The summed E-state index contributed by atoms with van der Waals surface area (Å²) in [6.45, 7) is 1.43. The van der Waals surface area contributed by atoms with E-state index in [1.165, 1.54) is 12.3 Å². The molecule has 9 heteroatoms. The van der Waals surface area contributed by atoms with Gasteiger partial charge in [-0.1, -0.05) is 6.07 Å². The number of nitrogens with one attached hydrogen (secondary N) is 1. The van der Waals surface area contributed by atoms with Crippen LogP contribution in [0.5, 0.6) is 0 Å². The number of H-pyrrole nitrogens is 1. The van der Waals surface area contributed by atoms with Crippen LogP contribution in [0.3, 0.4) is 0 Å². The average Bonchev–Trinajstić information content (AvgIpc) is 2.68. The first-order valence-electron chi connectivity index (χ1n) is 9.02. The molecule has 0 spiro atoms. The van der Waals surface area contributed by atoms with Crippen LogP contribution < -0.4 is 11.3 Å². The van der Waals surface area contributed by atoms with Crippen molar-refractivity contribution in [1.82, 2.24) is 19.9 Å². The van der Waals surface area contributed by atoms with Crippen molar-refractivity contribution in [3.8, 4) is 11.4 Å². The van der Waals surface area contributed by atoms with Crippen LogP contribution in [0.1, 0.15) is 22.5 Å². The van der Waals surface area contributed by atoms with Crippen LogP contribution in [0.2, 0.25) is 0 Å². The van der Waals surface area contributed by atoms with Crippen molar-refractivity contribution in [3.63, 3.8) is 0 Å². The maximum atomic E-state index is 12.6. The summed E-state index contributed by atoms with van der Waals surface area (Å²) >= 11 is 0. The van der Waals surface area contributed by atoms with Crippen LogP contribution in [-0.4, -0.2) is 26.4 Å². The summed E-state index contributed by atoms with van der Waals surface area (Å²) in [7, 11) is 0. The summed E-state index contributed by atoms with van der Waals surface area (Å²) in [5.41, 5.74) is 7.95. The molecule has 0 amide bonds. The first kappa shape index (κ1) is 19.1. The zero-order valence-corrected chi connectivity index (χ0v) is 15.3. The number of alkyl halides is 3. The van der Waals surface area contributed by atoms with Crippen LogP contribution in [0.15, 0.2) is 47.4 Å². The summed E-state index contributed by atoms with van der Waals surface area (Å²) in [5.74, 6) is 0.495. The van der Waals surface area contributed by atoms with Gasteiger partial charge >= 0.3 is 6.18 Å². The molecule has 1 aromatic carbocycles. The van der Waals surface area contributed by atoms with E-state index in [4.69, 9.17) is 5.73 Å². The molecule has 0 aliphatic carbocycles. The summed E-state index contributed by atoms with van der Waals surface area (Å²) < 4.78 is 37.9. The van der Waals surface area contributed by atoms with Gasteiger partial charge in [0.1, 0.15) is 11.5 Å². The maximum absolute atomic E-state index is 12.6. The number of hydrogen-bond donors (Lipinski definition) is 2. The van der Waals surface area contributed by atoms with Crippen molar-refractivity contribution in [2.24, 2.45) is 0 Å². The number of benzene rings is 1. The number of rotatable bonds is 3. The molecule has 0 fully saturated rings. The number of pyridine rings is 1. The number of nitrogens with zero attached hydrogens (tertiary/aromatic N) is 3. The molecular weight excluding hydrogens is 383 g/mol. The van der Waals surface area contributed by atoms with Crippen LogP contribution in [0.4, 0.5) is 18.9 Å². The molecule has 3 heterocycles. The lowest BCUT2D eigenvalue weighted by Crippen LogP contribution is -2.35. The first-order valence-corrected chi connectivity index (χ1v) is 9.02. The second-order valence-electron chi connectivity index (χ2n) is 6.97. The van der Waals surface area contributed by atoms with Gasteiger partial charge in [-0.25, -0.2) is 4.98 Å².